The molecule has 1 N–H and O–H groups in total. The molecular weight excluding hydrogens is 383 g/mol. The fraction of sp³-hybridized carbons (Fsp3) is 0.350. The summed E-state index contributed by atoms with van der Waals surface area (Å²) in [4.78, 5) is 12.5. The summed E-state index contributed by atoms with van der Waals surface area (Å²) in [6.45, 7) is 2.78. The van der Waals surface area contributed by atoms with E-state index >= 15 is 0 Å². The van der Waals surface area contributed by atoms with Crippen LogP contribution in [0.3, 0.4) is 0 Å². The Morgan fingerprint density at radius 2 is 2.00 bits per heavy atom. The lowest BCUT2D eigenvalue weighted by Gasteiger charge is -2.23. The molecule has 28 heavy (non-hydrogen) atoms. The largest absolute Gasteiger partial charge is 0.492 e. The van der Waals surface area contributed by atoms with Gasteiger partial charge >= 0.3 is 0 Å². The third-order valence-electron chi connectivity index (χ3n) is 4.59. The van der Waals surface area contributed by atoms with Crippen molar-refractivity contribution in [3.8, 4) is 5.75 Å². The van der Waals surface area contributed by atoms with Gasteiger partial charge in [-0.25, -0.2) is 12.8 Å². The Hall–Kier alpha value is -2.45. The minimum absolute atomic E-state index is 0.0172. The SMILES string of the molecule is Cc1cccc(OCCNC(=O)C2CCCN2S(=O)(=O)c2ccc(F)cc2)c1. The number of nitrogens with one attached hydrogen (secondary N) is 1. The van der Waals surface area contributed by atoms with Gasteiger partial charge in [-0.2, -0.15) is 4.31 Å². The summed E-state index contributed by atoms with van der Waals surface area (Å²) in [7, 11) is -3.85. The molecule has 1 aliphatic rings. The molecule has 0 aromatic heterocycles. The molecule has 1 aliphatic heterocycles. The summed E-state index contributed by atoms with van der Waals surface area (Å²) in [5.74, 6) is -0.144. The molecule has 8 heteroatoms. The number of aryl methyl sites for hydroxylation is 1. The third-order valence-corrected chi connectivity index (χ3v) is 6.51. The van der Waals surface area contributed by atoms with Gasteiger partial charge in [0.25, 0.3) is 0 Å². The van der Waals surface area contributed by atoms with E-state index in [2.05, 4.69) is 5.32 Å². The zero-order valence-corrected chi connectivity index (χ0v) is 16.4. The summed E-state index contributed by atoms with van der Waals surface area (Å²) in [5, 5.41) is 2.74. The van der Waals surface area contributed by atoms with Crippen molar-refractivity contribution in [2.45, 2.75) is 30.7 Å². The van der Waals surface area contributed by atoms with Crippen molar-refractivity contribution in [1.82, 2.24) is 9.62 Å². The van der Waals surface area contributed by atoms with Crippen molar-refractivity contribution in [1.29, 1.82) is 0 Å². The summed E-state index contributed by atoms with van der Waals surface area (Å²) in [5.41, 5.74) is 1.08. The maximum Gasteiger partial charge on any atom is 0.243 e. The summed E-state index contributed by atoms with van der Waals surface area (Å²) in [6.07, 6.45) is 1.04. The van der Waals surface area contributed by atoms with E-state index in [9.17, 15) is 17.6 Å². The number of ether oxygens (including phenoxy) is 1. The number of hydrogen-bond donors (Lipinski definition) is 1. The maximum atomic E-state index is 13.1. The first-order chi connectivity index (χ1) is 13.4. The minimum atomic E-state index is -3.85. The fourth-order valence-corrected chi connectivity index (χ4v) is 4.85. The van der Waals surface area contributed by atoms with E-state index in [1.54, 1.807) is 0 Å². The van der Waals surface area contributed by atoms with Crippen molar-refractivity contribution in [3.05, 3.63) is 59.9 Å². The third kappa shape index (κ3) is 4.69. The Balaban J connectivity index is 1.57. The molecule has 1 unspecified atom stereocenters. The van der Waals surface area contributed by atoms with Crippen molar-refractivity contribution in [2.75, 3.05) is 19.7 Å². The molecule has 1 fully saturated rings. The fourth-order valence-electron chi connectivity index (χ4n) is 3.20. The Labute approximate surface area is 164 Å². The number of amides is 1. The molecule has 1 amide bonds. The van der Waals surface area contributed by atoms with E-state index in [0.717, 1.165) is 23.4 Å². The second-order valence-corrected chi connectivity index (χ2v) is 8.57. The number of halogens is 1. The van der Waals surface area contributed by atoms with Crippen LogP contribution in [0, 0.1) is 12.7 Å². The average molecular weight is 406 g/mol. The summed E-state index contributed by atoms with van der Waals surface area (Å²) < 4.78 is 45.5. The number of benzene rings is 2. The molecule has 0 radical (unpaired) electrons. The molecule has 2 aromatic rings. The van der Waals surface area contributed by atoms with Crippen molar-refractivity contribution >= 4 is 15.9 Å². The standard InChI is InChI=1S/C20H23FN2O4S/c1-15-4-2-5-17(14-15)27-13-11-22-20(24)19-6-3-12-23(19)28(25,26)18-9-7-16(21)8-10-18/h2,4-5,7-10,14,19H,3,6,11-13H2,1H3,(H,22,24). The normalized spacial score (nSPS) is 17.4. The van der Waals surface area contributed by atoms with Gasteiger partial charge in [0.2, 0.25) is 15.9 Å². The van der Waals surface area contributed by atoms with Gasteiger partial charge in [0.15, 0.2) is 0 Å². The van der Waals surface area contributed by atoms with Crippen LogP contribution in [0.4, 0.5) is 4.39 Å². The predicted octanol–water partition coefficient (Wildman–Crippen LogP) is 2.48. The van der Waals surface area contributed by atoms with E-state index in [0.29, 0.717) is 12.8 Å². The highest BCUT2D eigenvalue weighted by Gasteiger charge is 2.39. The lowest BCUT2D eigenvalue weighted by molar-refractivity contribution is -0.124. The quantitative estimate of drug-likeness (QED) is 0.717. The first-order valence-corrected chi connectivity index (χ1v) is 10.6. The number of carbonyl (C=O) groups excluding carboxylic acids is 1. The molecule has 1 heterocycles. The molecule has 0 bridgehead atoms. The molecule has 6 nitrogen and oxygen atoms in total. The molecule has 0 aliphatic carbocycles. The monoisotopic (exact) mass is 406 g/mol. The van der Waals surface area contributed by atoms with Crippen LogP contribution < -0.4 is 10.1 Å². The number of nitrogens with zero attached hydrogens (tertiary/aromatic N) is 1. The van der Waals surface area contributed by atoms with Gasteiger partial charge in [-0.15, -0.1) is 0 Å². The van der Waals surface area contributed by atoms with Crippen molar-refractivity contribution in [3.63, 3.8) is 0 Å². The van der Waals surface area contributed by atoms with Crippen molar-refractivity contribution in [2.24, 2.45) is 0 Å². The number of sulfonamides is 1. The van der Waals surface area contributed by atoms with Gasteiger partial charge in [0, 0.05) is 6.54 Å². The van der Waals surface area contributed by atoms with E-state index in [1.807, 2.05) is 31.2 Å². The number of rotatable bonds is 7. The summed E-state index contributed by atoms with van der Waals surface area (Å²) >= 11 is 0. The van der Waals surface area contributed by atoms with Crippen LogP contribution in [0.5, 0.6) is 5.75 Å². The molecule has 2 aromatic carbocycles. The molecule has 3 rings (SSSR count). The van der Waals surface area contributed by atoms with Crippen LogP contribution >= 0.6 is 0 Å². The number of carbonyl (C=O) groups is 1. The van der Waals surface area contributed by atoms with Gasteiger partial charge in [0.05, 0.1) is 11.4 Å². The topological polar surface area (TPSA) is 75.7 Å². The Kier molecular flexibility index (Phi) is 6.31. The Morgan fingerprint density at radius 1 is 1.25 bits per heavy atom. The molecule has 1 atom stereocenters. The lowest BCUT2D eigenvalue weighted by Crippen LogP contribution is -2.46. The smallest absolute Gasteiger partial charge is 0.243 e. The molecule has 0 saturated carbocycles. The van der Waals surface area contributed by atoms with Crippen LogP contribution in [0.2, 0.25) is 0 Å². The van der Waals surface area contributed by atoms with E-state index in [4.69, 9.17) is 4.74 Å². The molecular formula is C20H23FN2O4S. The van der Waals surface area contributed by atoms with E-state index in [1.165, 1.54) is 16.4 Å². The Morgan fingerprint density at radius 3 is 2.71 bits per heavy atom. The zero-order valence-electron chi connectivity index (χ0n) is 15.6. The second-order valence-electron chi connectivity index (χ2n) is 6.68. The van der Waals surface area contributed by atoms with Gasteiger partial charge < -0.3 is 10.1 Å². The van der Waals surface area contributed by atoms with Gasteiger partial charge in [-0.3, -0.25) is 4.79 Å². The van der Waals surface area contributed by atoms with E-state index < -0.39 is 21.9 Å². The predicted molar refractivity (Wildman–Crippen MR) is 103 cm³/mol. The van der Waals surface area contributed by atoms with Crippen LogP contribution in [0.25, 0.3) is 0 Å². The van der Waals surface area contributed by atoms with Gasteiger partial charge in [-0.05, 0) is 61.7 Å². The average Bonchev–Trinajstić information content (AvgIpc) is 3.16. The molecule has 150 valence electrons. The zero-order chi connectivity index (χ0) is 20.1. The van der Waals surface area contributed by atoms with E-state index in [-0.39, 0.29) is 30.5 Å². The summed E-state index contributed by atoms with van der Waals surface area (Å²) in [6, 6.07) is 11.4. The highest BCUT2D eigenvalue weighted by Crippen LogP contribution is 2.26. The minimum Gasteiger partial charge on any atom is -0.492 e. The van der Waals surface area contributed by atoms with Crippen molar-refractivity contribution < 1.29 is 22.3 Å². The highest BCUT2D eigenvalue weighted by molar-refractivity contribution is 7.89. The van der Waals surface area contributed by atoms with Crippen LogP contribution in [-0.2, 0) is 14.8 Å². The van der Waals surface area contributed by atoms with Crippen LogP contribution in [0.1, 0.15) is 18.4 Å². The maximum absolute atomic E-state index is 13.1. The second kappa shape index (κ2) is 8.70. The van der Waals surface area contributed by atoms with Crippen LogP contribution in [-0.4, -0.2) is 44.4 Å². The van der Waals surface area contributed by atoms with Gasteiger partial charge in [-0.1, -0.05) is 12.1 Å². The van der Waals surface area contributed by atoms with Crippen LogP contribution in [0.15, 0.2) is 53.4 Å². The first-order valence-electron chi connectivity index (χ1n) is 9.12. The van der Waals surface area contributed by atoms with Gasteiger partial charge in [0.1, 0.15) is 24.2 Å². The highest BCUT2D eigenvalue weighted by atomic mass is 32.2. The number of hydrogen-bond acceptors (Lipinski definition) is 4. The Bertz CT molecular complexity index is 931. The first kappa shape index (κ1) is 20.3. The molecule has 0 spiro atoms. The lowest BCUT2D eigenvalue weighted by atomic mass is 10.2. The molecule has 1 saturated heterocycles.